The van der Waals surface area contributed by atoms with Gasteiger partial charge in [0.15, 0.2) is 0 Å². The molecule has 0 aliphatic heterocycles. The molecule has 0 saturated carbocycles. The van der Waals surface area contributed by atoms with Gasteiger partial charge in [-0.2, -0.15) is 0 Å². The first kappa shape index (κ1) is 16.3. The summed E-state index contributed by atoms with van der Waals surface area (Å²) < 4.78 is 10.9. The van der Waals surface area contributed by atoms with Crippen LogP contribution in [0.25, 0.3) is 0 Å². The van der Waals surface area contributed by atoms with Gasteiger partial charge in [0.05, 0.1) is 13.7 Å². The second-order valence-electron chi connectivity index (χ2n) is 4.93. The smallest absolute Gasteiger partial charge is 0.222 e. The monoisotopic (exact) mass is 280 g/mol. The maximum atomic E-state index is 11.5. The molecule has 1 atom stereocenters. The maximum Gasteiger partial charge on any atom is 0.222 e. The highest BCUT2D eigenvalue weighted by Gasteiger charge is 2.10. The number of rotatable bonds is 7. The summed E-state index contributed by atoms with van der Waals surface area (Å²) in [5.41, 5.74) is 6.85. The molecule has 1 aromatic rings. The number of carbonyl (C=O) groups is 1. The van der Waals surface area contributed by atoms with Crippen molar-refractivity contribution in [2.45, 2.75) is 25.8 Å². The summed E-state index contributed by atoms with van der Waals surface area (Å²) in [4.78, 5) is 13.0. The lowest BCUT2D eigenvalue weighted by Gasteiger charge is -2.15. The molecule has 5 heteroatoms. The Labute approximate surface area is 120 Å². The standard InChI is InChI=1S/C15H24N2O3/c1-11(16)13-8-7-12(19-4)10-14(13)20-9-5-6-15(18)17(2)3/h7-8,10-11H,5-6,9,16H2,1-4H3/t11-/m0/s1. The van der Waals surface area contributed by atoms with Crippen LogP contribution < -0.4 is 15.2 Å². The molecular weight excluding hydrogens is 256 g/mol. The SMILES string of the molecule is COc1ccc([C@H](C)N)c(OCCCC(=O)N(C)C)c1. The minimum absolute atomic E-state index is 0.103. The number of amides is 1. The molecule has 0 heterocycles. The van der Waals surface area contributed by atoms with Gasteiger partial charge in [-0.1, -0.05) is 6.07 Å². The van der Waals surface area contributed by atoms with Crippen molar-refractivity contribution in [2.24, 2.45) is 5.73 Å². The van der Waals surface area contributed by atoms with Crippen LogP contribution in [0, 0.1) is 0 Å². The molecule has 0 aliphatic rings. The fourth-order valence-corrected chi connectivity index (χ4v) is 1.77. The van der Waals surface area contributed by atoms with Gasteiger partial charge in [0.25, 0.3) is 0 Å². The first-order chi connectivity index (χ1) is 9.45. The van der Waals surface area contributed by atoms with E-state index < -0.39 is 0 Å². The third-order valence-electron chi connectivity index (χ3n) is 3.00. The minimum Gasteiger partial charge on any atom is -0.497 e. The van der Waals surface area contributed by atoms with Gasteiger partial charge < -0.3 is 20.1 Å². The zero-order valence-electron chi connectivity index (χ0n) is 12.7. The van der Waals surface area contributed by atoms with E-state index in [9.17, 15) is 4.79 Å². The number of hydrogen-bond donors (Lipinski definition) is 1. The van der Waals surface area contributed by atoms with E-state index in [1.165, 1.54) is 0 Å². The lowest BCUT2D eigenvalue weighted by Crippen LogP contribution is -2.21. The Morgan fingerprint density at radius 2 is 2.10 bits per heavy atom. The average molecular weight is 280 g/mol. The van der Waals surface area contributed by atoms with Crippen molar-refractivity contribution in [1.29, 1.82) is 0 Å². The van der Waals surface area contributed by atoms with E-state index >= 15 is 0 Å². The largest absolute Gasteiger partial charge is 0.497 e. The second-order valence-corrected chi connectivity index (χ2v) is 4.93. The normalized spacial score (nSPS) is 11.8. The Bertz CT molecular complexity index is 445. The highest BCUT2D eigenvalue weighted by Crippen LogP contribution is 2.28. The molecule has 20 heavy (non-hydrogen) atoms. The molecule has 0 unspecified atom stereocenters. The lowest BCUT2D eigenvalue weighted by atomic mass is 10.1. The number of nitrogens with zero attached hydrogens (tertiary/aromatic N) is 1. The van der Waals surface area contributed by atoms with Crippen LogP contribution in [0.5, 0.6) is 11.5 Å². The zero-order valence-corrected chi connectivity index (χ0v) is 12.7. The van der Waals surface area contributed by atoms with Crippen molar-refractivity contribution in [3.05, 3.63) is 23.8 Å². The van der Waals surface area contributed by atoms with Crippen molar-refractivity contribution in [2.75, 3.05) is 27.8 Å². The van der Waals surface area contributed by atoms with Crippen molar-refractivity contribution in [3.63, 3.8) is 0 Å². The summed E-state index contributed by atoms with van der Waals surface area (Å²) in [6, 6.07) is 5.48. The molecule has 0 saturated heterocycles. The van der Waals surface area contributed by atoms with Crippen LogP contribution in [-0.2, 0) is 4.79 Å². The molecule has 1 rings (SSSR count). The number of nitrogens with two attached hydrogens (primary N) is 1. The predicted octanol–water partition coefficient (Wildman–Crippen LogP) is 1.96. The Morgan fingerprint density at radius 1 is 1.40 bits per heavy atom. The third-order valence-corrected chi connectivity index (χ3v) is 3.00. The molecule has 2 N–H and O–H groups in total. The van der Waals surface area contributed by atoms with Crippen molar-refractivity contribution in [1.82, 2.24) is 4.90 Å². The maximum absolute atomic E-state index is 11.5. The fraction of sp³-hybridized carbons (Fsp3) is 0.533. The molecule has 1 aromatic carbocycles. The molecule has 0 bridgehead atoms. The molecule has 112 valence electrons. The molecule has 0 spiro atoms. The van der Waals surface area contributed by atoms with E-state index in [1.807, 2.05) is 25.1 Å². The van der Waals surface area contributed by atoms with E-state index in [0.717, 1.165) is 17.1 Å². The number of benzene rings is 1. The Kier molecular flexibility index (Phi) is 6.31. The third kappa shape index (κ3) is 4.74. The van der Waals surface area contributed by atoms with E-state index in [2.05, 4.69) is 0 Å². The summed E-state index contributed by atoms with van der Waals surface area (Å²) in [6.45, 7) is 2.39. The van der Waals surface area contributed by atoms with E-state index in [1.54, 1.807) is 26.1 Å². The first-order valence-corrected chi connectivity index (χ1v) is 6.72. The van der Waals surface area contributed by atoms with Gasteiger partial charge in [0.2, 0.25) is 5.91 Å². The quantitative estimate of drug-likeness (QED) is 0.775. The van der Waals surface area contributed by atoms with Gasteiger partial charge >= 0.3 is 0 Å². The minimum atomic E-state index is -0.112. The van der Waals surface area contributed by atoms with Crippen molar-refractivity contribution >= 4 is 5.91 Å². The Hall–Kier alpha value is -1.75. The van der Waals surface area contributed by atoms with Crippen LogP contribution in [0.3, 0.4) is 0 Å². The van der Waals surface area contributed by atoms with Gasteiger partial charge in [0, 0.05) is 38.2 Å². The highest BCUT2D eigenvalue weighted by molar-refractivity contribution is 5.75. The molecule has 5 nitrogen and oxygen atoms in total. The van der Waals surface area contributed by atoms with E-state index in [-0.39, 0.29) is 11.9 Å². The number of hydrogen-bond acceptors (Lipinski definition) is 4. The topological polar surface area (TPSA) is 64.8 Å². The van der Waals surface area contributed by atoms with Gasteiger partial charge in [0.1, 0.15) is 11.5 Å². The van der Waals surface area contributed by atoms with Crippen molar-refractivity contribution < 1.29 is 14.3 Å². The molecule has 1 amide bonds. The lowest BCUT2D eigenvalue weighted by molar-refractivity contribution is -0.128. The molecular formula is C15H24N2O3. The van der Waals surface area contributed by atoms with Crippen LogP contribution in [0.2, 0.25) is 0 Å². The number of carbonyl (C=O) groups excluding carboxylic acids is 1. The van der Waals surface area contributed by atoms with E-state index in [0.29, 0.717) is 19.4 Å². The number of ether oxygens (including phenoxy) is 2. The van der Waals surface area contributed by atoms with Gasteiger partial charge in [-0.25, -0.2) is 0 Å². The first-order valence-electron chi connectivity index (χ1n) is 6.72. The summed E-state index contributed by atoms with van der Waals surface area (Å²) in [7, 11) is 5.11. The second kappa shape index (κ2) is 7.75. The van der Waals surface area contributed by atoms with Crippen molar-refractivity contribution in [3.8, 4) is 11.5 Å². The summed E-state index contributed by atoms with van der Waals surface area (Å²) in [5.74, 6) is 1.55. The Morgan fingerprint density at radius 3 is 2.65 bits per heavy atom. The summed E-state index contributed by atoms with van der Waals surface area (Å²) in [5, 5.41) is 0. The van der Waals surface area contributed by atoms with Crippen LogP contribution >= 0.6 is 0 Å². The molecule has 0 aromatic heterocycles. The van der Waals surface area contributed by atoms with Crippen LogP contribution in [0.15, 0.2) is 18.2 Å². The zero-order chi connectivity index (χ0) is 15.1. The molecule has 0 radical (unpaired) electrons. The van der Waals surface area contributed by atoms with Crippen LogP contribution in [0.1, 0.15) is 31.4 Å². The Balaban J connectivity index is 2.59. The van der Waals surface area contributed by atoms with Crippen LogP contribution in [-0.4, -0.2) is 38.6 Å². The van der Waals surface area contributed by atoms with Gasteiger partial charge in [-0.3, -0.25) is 4.79 Å². The average Bonchev–Trinajstić information content (AvgIpc) is 2.42. The summed E-state index contributed by atoms with van der Waals surface area (Å²) in [6.07, 6.45) is 1.15. The van der Waals surface area contributed by atoms with Gasteiger partial charge in [-0.05, 0) is 19.4 Å². The van der Waals surface area contributed by atoms with Gasteiger partial charge in [-0.15, -0.1) is 0 Å². The molecule has 0 fully saturated rings. The highest BCUT2D eigenvalue weighted by atomic mass is 16.5. The predicted molar refractivity (Wildman–Crippen MR) is 79.0 cm³/mol. The molecule has 0 aliphatic carbocycles. The summed E-state index contributed by atoms with van der Waals surface area (Å²) >= 11 is 0. The number of methoxy groups -OCH3 is 1. The van der Waals surface area contributed by atoms with E-state index in [4.69, 9.17) is 15.2 Å². The fourth-order valence-electron chi connectivity index (χ4n) is 1.77. The van der Waals surface area contributed by atoms with Crippen LogP contribution in [0.4, 0.5) is 0 Å².